The van der Waals surface area contributed by atoms with Crippen molar-refractivity contribution in [1.82, 2.24) is 0 Å². The van der Waals surface area contributed by atoms with Gasteiger partial charge in [-0.2, -0.15) is 0 Å². The van der Waals surface area contributed by atoms with E-state index in [0.717, 1.165) is 12.8 Å². The average molecular weight is 158 g/mol. The molecule has 3 unspecified atom stereocenters. The van der Waals surface area contributed by atoms with Crippen molar-refractivity contribution in [3.63, 3.8) is 0 Å². The Morgan fingerprint density at radius 3 is 2.55 bits per heavy atom. The first-order chi connectivity index (χ1) is 5.27. The molecule has 0 amide bonds. The number of aliphatic hydroxyl groups excluding tert-OH is 2. The van der Waals surface area contributed by atoms with Crippen LogP contribution in [-0.2, 0) is 0 Å². The van der Waals surface area contributed by atoms with Gasteiger partial charge in [0.05, 0.1) is 6.10 Å². The lowest BCUT2D eigenvalue weighted by atomic mass is 10.0. The van der Waals surface area contributed by atoms with Crippen molar-refractivity contribution in [2.45, 2.75) is 38.7 Å². The largest absolute Gasteiger partial charge is 0.396 e. The molecule has 2 nitrogen and oxygen atoms in total. The molecule has 0 aromatic rings. The predicted molar refractivity (Wildman–Crippen MR) is 44.2 cm³/mol. The van der Waals surface area contributed by atoms with E-state index < -0.39 is 0 Å². The second kappa shape index (κ2) is 4.07. The van der Waals surface area contributed by atoms with E-state index in [1.54, 1.807) is 0 Å². The van der Waals surface area contributed by atoms with Crippen LogP contribution >= 0.6 is 0 Å². The van der Waals surface area contributed by atoms with Crippen molar-refractivity contribution < 1.29 is 10.2 Å². The summed E-state index contributed by atoms with van der Waals surface area (Å²) in [5.41, 5.74) is 0. The molecule has 0 radical (unpaired) electrons. The van der Waals surface area contributed by atoms with E-state index in [1.165, 1.54) is 12.8 Å². The van der Waals surface area contributed by atoms with Crippen molar-refractivity contribution in [3.8, 4) is 0 Å². The lowest BCUT2D eigenvalue weighted by Crippen LogP contribution is -2.16. The molecule has 0 aromatic heterocycles. The SMILES string of the molecule is CCCC1CC(O)C(CO)C1. The Morgan fingerprint density at radius 2 is 2.09 bits per heavy atom. The van der Waals surface area contributed by atoms with E-state index in [4.69, 9.17) is 5.11 Å². The van der Waals surface area contributed by atoms with E-state index in [1.807, 2.05) is 0 Å². The first-order valence-electron chi connectivity index (χ1n) is 4.56. The Hall–Kier alpha value is -0.0800. The zero-order valence-corrected chi connectivity index (χ0v) is 7.16. The monoisotopic (exact) mass is 158 g/mol. The summed E-state index contributed by atoms with van der Waals surface area (Å²) in [6.07, 6.45) is 4.07. The smallest absolute Gasteiger partial charge is 0.0593 e. The third-order valence-electron chi connectivity index (χ3n) is 2.69. The van der Waals surface area contributed by atoms with Gasteiger partial charge in [-0.3, -0.25) is 0 Å². The second-order valence-corrected chi connectivity index (χ2v) is 3.64. The zero-order valence-electron chi connectivity index (χ0n) is 7.16. The van der Waals surface area contributed by atoms with E-state index in [2.05, 4.69) is 6.92 Å². The fraction of sp³-hybridized carbons (Fsp3) is 1.00. The molecule has 3 atom stereocenters. The summed E-state index contributed by atoms with van der Waals surface area (Å²) in [5.74, 6) is 0.818. The minimum atomic E-state index is -0.239. The summed E-state index contributed by atoms with van der Waals surface area (Å²) < 4.78 is 0. The lowest BCUT2D eigenvalue weighted by molar-refractivity contribution is 0.0906. The third kappa shape index (κ3) is 2.17. The van der Waals surface area contributed by atoms with Crippen molar-refractivity contribution in [3.05, 3.63) is 0 Å². The summed E-state index contributed by atoms with van der Waals surface area (Å²) in [5, 5.41) is 18.3. The number of rotatable bonds is 3. The topological polar surface area (TPSA) is 40.5 Å². The Bertz CT molecular complexity index is 114. The van der Waals surface area contributed by atoms with Gasteiger partial charge in [0.25, 0.3) is 0 Å². The van der Waals surface area contributed by atoms with Crippen LogP contribution in [0, 0.1) is 11.8 Å². The number of hydrogen-bond acceptors (Lipinski definition) is 2. The lowest BCUT2D eigenvalue weighted by Gasteiger charge is -2.08. The maximum absolute atomic E-state index is 9.43. The molecule has 0 heterocycles. The fourth-order valence-corrected chi connectivity index (χ4v) is 2.06. The van der Waals surface area contributed by atoms with Crippen LogP contribution in [0.4, 0.5) is 0 Å². The summed E-state index contributed by atoms with van der Waals surface area (Å²) in [7, 11) is 0. The summed E-state index contributed by atoms with van der Waals surface area (Å²) in [6.45, 7) is 2.32. The van der Waals surface area contributed by atoms with Crippen molar-refractivity contribution in [1.29, 1.82) is 0 Å². The minimum absolute atomic E-state index is 0.154. The Kier molecular flexibility index (Phi) is 3.34. The second-order valence-electron chi connectivity index (χ2n) is 3.64. The number of aliphatic hydroxyl groups is 2. The van der Waals surface area contributed by atoms with Crippen LogP contribution in [0.15, 0.2) is 0 Å². The van der Waals surface area contributed by atoms with Crippen LogP contribution in [0.25, 0.3) is 0 Å². The van der Waals surface area contributed by atoms with Gasteiger partial charge in [0.1, 0.15) is 0 Å². The molecular formula is C9H18O2. The normalized spacial score (nSPS) is 37.9. The molecule has 0 aliphatic heterocycles. The maximum atomic E-state index is 9.43. The molecule has 1 saturated carbocycles. The third-order valence-corrected chi connectivity index (χ3v) is 2.69. The van der Waals surface area contributed by atoms with Crippen LogP contribution in [0.2, 0.25) is 0 Å². The van der Waals surface area contributed by atoms with Gasteiger partial charge in [0.15, 0.2) is 0 Å². The summed E-state index contributed by atoms with van der Waals surface area (Å²) in [4.78, 5) is 0. The Labute approximate surface area is 68.2 Å². The van der Waals surface area contributed by atoms with E-state index >= 15 is 0 Å². The van der Waals surface area contributed by atoms with Gasteiger partial charge in [-0.15, -0.1) is 0 Å². The van der Waals surface area contributed by atoms with Crippen LogP contribution < -0.4 is 0 Å². The first kappa shape index (κ1) is 9.01. The summed E-state index contributed by atoms with van der Waals surface area (Å²) in [6, 6.07) is 0. The molecule has 1 rings (SSSR count). The maximum Gasteiger partial charge on any atom is 0.0593 e. The minimum Gasteiger partial charge on any atom is -0.396 e. The molecular weight excluding hydrogens is 140 g/mol. The molecule has 1 fully saturated rings. The van der Waals surface area contributed by atoms with E-state index in [0.29, 0.717) is 5.92 Å². The van der Waals surface area contributed by atoms with Crippen LogP contribution in [0.5, 0.6) is 0 Å². The van der Waals surface area contributed by atoms with Crippen molar-refractivity contribution >= 4 is 0 Å². The molecule has 66 valence electrons. The highest BCUT2D eigenvalue weighted by Crippen LogP contribution is 2.33. The van der Waals surface area contributed by atoms with E-state index in [9.17, 15) is 5.11 Å². The van der Waals surface area contributed by atoms with Gasteiger partial charge in [0.2, 0.25) is 0 Å². The Morgan fingerprint density at radius 1 is 1.36 bits per heavy atom. The van der Waals surface area contributed by atoms with Gasteiger partial charge in [-0.25, -0.2) is 0 Å². The quantitative estimate of drug-likeness (QED) is 0.647. The molecule has 1 aliphatic rings. The average Bonchev–Trinajstić information content (AvgIpc) is 2.32. The molecule has 0 aromatic carbocycles. The first-order valence-corrected chi connectivity index (χ1v) is 4.56. The van der Waals surface area contributed by atoms with Crippen molar-refractivity contribution in [2.75, 3.05) is 6.61 Å². The molecule has 1 aliphatic carbocycles. The molecule has 2 heteroatoms. The zero-order chi connectivity index (χ0) is 8.27. The van der Waals surface area contributed by atoms with Gasteiger partial charge >= 0.3 is 0 Å². The number of hydrogen-bond donors (Lipinski definition) is 2. The predicted octanol–water partition coefficient (Wildman–Crippen LogP) is 1.17. The highest BCUT2D eigenvalue weighted by molar-refractivity contribution is 4.82. The van der Waals surface area contributed by atoms with E-state index in [-0.39, 0.29) is 18.6 Å². The standard InChI is InChI=1S/C9H18O2/c1-2-3-7-4-8(6-10)9(11)5-7/h7-11H,2-6H2,1H3. The molecule has 0 saturated heterocycles. The Balaban J connectivity index is 2.30. The van der Waals surface area contributed by atoms with Crippen molar-refractivity contribution in [2.24, 2.45) is 11.8 Å². The van der Waals surface area contributed by atoms with Gasteiger partial charge in [-0.05, 0) is 18.8 Å². The van der Waals surface area contributed by atoms with Crippen LogP contribution in [0.1, 0.15) is 32.6 Å². The van der Waals surface area contributed by atoms with Gasteiger partial charge in [-0.1, -0.05) is 19.8 Å². The van der Waals surface area contributed by atoms with Gasteiger partial charge in [0, 0.05) is 12.5 Å². The molecule has 0 bridgehead atoms. The highest BCUT2D eigenvalue weighted by atomic mass is 16.3. The highest BCUT2D eigenvalue weighted by Gasteiger charge is 2.31. The molecule has 11 heavy (non-hydrogen) atoms. The molecule has 0 spiro atoms. The fourth-order valence-electron chi connectivity index (χ4n) is 2.06. The van der Waals surface area contributed by atoms with Crippen LogP contribution in [0.3, 0.4) is 0 Å². The van der Waals surface area contributed by atoms with Gasteiger partial charge < -0.3 is 10.2 Å². The van der Waals surface area contributed by atoms with Crippen LogP contribution in [-0.4, -0.2) is 22.9 Å². The molecule has 2 N–H and O–H groups in total. The summed E-state index contributed by atoms with van der Waals surface area (Å²) >= 11 is 0.